The van der Waals surface area contributed by atoms with Gasteiger partial charge in [-0.1, -0.05) is 74.0 Å². The molecule has 3 rings (SSSR count). The monoisotopic (exact) mass is 727 g/mol. The van der Waals surface area contributed by atoms with Crippen molar-refractivity contribution in [2.45, 2.75) is 123 Å². The summed E-state index contributed by atoms with van der Waals surface area (Å²) < 4.78 is 5.45. The summed E-state index contributed by atoms with van der Waals surface area (Å²) in [7, 11) is 3.33. The average molecular weight is 728 g/mol. The minimum atomic E-state index is -1.00. The Hall–Kier alpha value is -3.48. The molecule has 284 valence electrons. The normalized spacial score (nSPS) is 19.2. The second-order valence-electron chi connectivity index (χ2n) is 14.4. The van der Waals surface area contributed by atoms with Crippen molar-refractivity contribution in [2.24, 2.45) is 17.8 Å². The molecule has 12 heteroatoms. The summed E-state index contributed by atoms with van der Waals surface area (Å²) >= 11 is 1.22. The van der Waals surface area contributed by atoms with Gasteiger partial charge in [0.15, 0.2) is 0 Å². The summed E-state index contributed by atoms with van der Waals surface area (Å²) in [5, 5.41) is 32.9. The van der Waals surface area contributed by atoms with Crippen LogP contribution in [-0.2, 0) is 20.7 Å². The number of carbonyl (C=O) groups excluding carboxylic acids is 3. The maximum Gasteiger partial charge on any atom is 0.270 e. The molecule has 0 fully saturated rings. The van der Waals surface area contributed by atoms with Gasteiger partial charge in [-0.15, -0.1) is 11.3 Å². The van der Waals surface area contributed by atoms with Crippen molar-refractivity contribution in [3.8, 4) is 5.75 Å². The van der Waals surface area contributed by atoms with E-state index in [1.54, 1.807) is 31.7 Å². The summed E-state index contributed by atoms with van der Waals surface area (Å²) in [4.78, 5) is 47.6. The summed E-state index contributed by atoms with van der Waals surface area (Å²) in [5.41, 5.74) is 2.16. The molecule has 3 amide bonds. The van der Waals surface area contributed by atoms with Gasteiger partial charge in [-0.05, 0) is 67.3 Å². The molecule has 0 unspecified atom stereocenters. The number of benzene rings is 1. The molecule has 1 heterocycles. The van der Waals surface area contributed by atoms with E-state index in [4.69, 9.17) is 4.74 Å². The lowest BCUT2D eigenvalue weighted by Crippen LogP contribution is -2.58. The van der Waals surface area contributed by atoms with E-state index in [-0.39, 0.29) is 71.3 Å². The number of phenolic OH excluding ortho intramolecular Hbond substituents is 1. The van der Waals surface area contributed by atoms with Crippen LogP contribution in [0.5, 0.6) is 5.75 Å². The summed E-state index contributed by atoms with van der Waals surface area (Å²) in [6.45, 7) is 18.6. The Kier molecular flexibility index (Phi) is 15.9. The first-order valence-corrected chi connectivity index (χ1v) is 19.4. The Morgan fingerprint density at radius 1 is 1.10 bits per heavy atom. The molecule has 0 spiro atoms. The van der Waals surface area contributed by atoms with Crippen molar-refractivity contribution >= 4 is 29.1 Å². The highest BCUT2D eigenvalue weighted by Crippen LogP contribution is 2.38. The van der Waals surface area contributed by atoms with Crippen LogP contribution in [0, 0.1) is 17.8 Å². The fraction of sp³-hybridized carbons (Fsp3) is 0.641. The number of hydrogen-bond acceptors (Lipinski definition) is 9. The lowest BCUT2D eigenvalue weighted by molar-refractivity contribution is -0.142. The zero-order valence-electron chi connectivity index (χ0n) is 32.0. The minimum absolute atomic E-state index is 0.00206. The van der Waals surface area contributed by atoms with Crippen LogP contribution in [-0.4, -0.2) is 82.7 Å². The number of thiazole rings is 1. The number of fused-ring (bicyclic) bond motifs is 1. The number of likely N-dealkylation sites (N-methyl/N-ethyl adjacent to an activating group) is 1. The second kappa shape index (κ2) is 19.4. The van der Waals surface area contributed by atoms with Gasteiger partial charge in [0, 0.05) is 36.3 Å². The number of nitrogens with zero attached hydrogens (tertiary/aromatic N) is 2. The SMILES string of the molecule is C=C(OC)[C@@H]1C[C@@H](NC(=O)c2csc([C@H](O)C[C@H](C(C)C)N(CCC)C(=O)[C@@H](NC(=O)[C@H](NC)[C@@H](C)CC)[C@@H](C)CC)n2)Cc2ccc(O)cc21. The smallest absolute Gasteiger partial charge is 0.270 e. The number of aromatic nitrogens is 1. The van der Waals surface area contributed by atoms with Crippen LogP contribution >= 0.6 is 11.3 Å². The molecular formula is C39H61N5O6S. The number of carbonyl (C=O) groups is 3. The van der Waals surface area contributed by atoms with Gasteiger partial charge >= 0.3 is 0 Å². The number of nitrogens with one attached hydrogen (secondary N) is 3. The third-order valence-electron chi connectivity index (χ3n) is 10.5. The van der Waals surface area contributed by atoms with E-state index in [9.17, 15) is 24.6 Å². The molecule has 0 aliphatic heterocycles. The van der Waals surface area contributed by atoms with Crippen LogP contribution in [0.1, 0.15) is 119 Å². The highest BCUT2D eigenvalue weighted by atomic mass is 32.1. The molecule has 5 N–H and O–H groups in total. The van der Waals surface area contributed by atoms with E-state index < -0.39 is 18.2 Å². The molecule has 0 radical (unpaired) electrons. The number of hydrogen-bond donors (Lipinski definition) is 5. The Morgan fingerprint density at radius 3 is 2.35 bits per heavy atom. The molecule has 0 saturated heterocycles. The fourth-order valence-corrected chi connectivity index (χ4v) is 7.79. The van der Waals surface area contributed by atoms with Crippen molar-refractivity contribution in [2.75, 3.05) is 20.7 Å². The van der Waals surface area contributed by atoms with E-state index in [1.807, 2.05) is 59.4 Å². The highest BCUT2D eigenvalue weighted by Gasteiger charge is 2.37. The van der Waals surface area contributed by atoms with Crippen LogP contribution in [0.2, 0.25) is 0 Å². The molecule has 1 aliphatic rings. The van der Waals surface area contributed by atoms with E-state index in [1.165, 1.54) is 11.3 Å². The van der Waals surface area contributed by atoms with Gasteiger partial charge in [-0.2, -0.15) is 0 Å². The number of phenols is 1. The molecule has 11 nitrogen and oxygen atoms in total. The number of rotatable bonds is 19. The van der Waals surface area contributed by atoms with Gasteiger partial charge < -0.3 is 35.8 Å². The van der Waals surface area contributed by atoms with Gasteiger partial charge in [0.1, 0.15) is 28.6 Å². The summed E-state index contributed by atoms with van der Waals surface area (Å²) in [5.74, 6) is -0.142. The zero-order valence-corrected chi connectivity index (χ0v) is 32.8. The molecule has 2 aromatic rings. The number of aromatic hydroxyl groups is 1. The number of amides is 3. The Balaban J connectivity index is 1.78. The average Bonchev–Trinajstić information content (AvgIpc) is 3.62. The van der Waals surface area contributed by atoms with E-state index in [2.05, 4.69) is 27.5 Å². The van der Waals surface area contributed by atoms with E-state index in [0.29, 0.717) is 43.0 Å². The minimum Gasteiger partial charge on any atom is -0.508 e. The highest BCUT2D eigenvalue weighted by molar-refractivity contribution is 7.09. The summed E-state index contributed by atoms with van der Waals surface area (Å²) in [6, 6.07) is 3.55. The molecule has 8 atom stereocenters. The lowest BCUT2D eigenvalue weighted by atomic mass is 9.79. The first-order chi connectivity index (χ1) is 24.2. The molecule has 1 aliphatic carbocycles. The molecule has 0 saturated carbocycles. The Bertz CT molecular complexity index is 1480. The Labute approximate surface area is 308 Å². The van der Waals surface area contributed by atoms with Gasteiger partial charge in [0.25, 0.3) is 5.91 Å². The van der Waals surface area contributed by atoms with Crippen molar-refractivity contribution in [3.05, 3.63) is 57.7 Å². The number of ether oxygens (including phenoxy) is 1. The number of aliphatic hydroxyl groups excluding tert-OH is 1. The van der Waals surface area contributed by atoms with Crippen LogP contribution in [0.4, 0.5) is 0 Å². The number of aliphatic hydroxyl groups is 1. The van der Waals surface area contributed by atoms with Crippen LogP contribution in [0.25, 0.3) is 0 Å². The van der Waals surface area contributed by atoms with Crippen LogP contribution in [0.3, 0.4) is 0 Å². The fourth-order valence-electron chi connectivity index (χ4n) is 7.00. The van der Waals surface area contributed by atoms with Gasteiger partial charge in [0.2, 0.25) is 11.8 Å². The zero-order chi connectivity index (χ0) is 38.0. The predicted octanol–water partition coefficient (Wildman–Crippen LogP) is 5.69. The number of allylic oxidation sites excluding steroid dienone is 1. The molecule has 51 heavy (non-hydrogen) atoms. The van der Waals surface area contributed by atoms with Gasteiger partial charge in [-0.25, -0.2) is 4.98 Å². The maximum absolute atomic E-state index is 14.4. The first-order valence-electron chi connectivity index (χ1n) is 18.5. The van der Waals surface area contributed by atoms with Crippen LogP contribution < -0.4 is 16.0 Å². The van der Waals surface area contributed by atoms with E-state index >= 15 is 0 Å². The molecule has 1 aromatic heterocycles. The van der Waals surface area contributed by atoms with Crippen molar-refractivity contribution < 1.29 is 29.3 Å². The third-order valence-corrected chi connectivity index (χ3v) is 11.4. The van der Waals surface area contributed by atoms with E-state index in [0.717, 1.165) is 17.5 Å². The van der Waals surface area contributed by atoms with Crippen LogP contribution in [0.15, 0.2) is 35.9 Å². The molecular weight excluding hydrogens is 667 g/mol. The quantitative estimate of drug-likeness (QED) is 0.116. The third kappa shape index (κ3) is 10.5. The van der Waals surface area contributed by atoms with Gasteiger partial charge in [0.05, 0.1) is 18.9 Å². The van der Waals surface area contributed by atoms with Crippen molar-refractivity contribution in [3.63, 3.8) is 0 Å². The van der Waals surface area contributed by atoms with Crippen molar-refractivity contribution in [1.29, 1.82) is 0 Å². The van der Waals surface area contributed by atoms with Gasteiger partial charge in [-0.3, -0.25) is 14.4 Å². The lowest BCUT2D eigenvalue weighted by Gasteiger charge is -2.39. The Morgan fingerprint density at radius 2 is 1.76 bits per heavy atom. The predicted molar refractivity (Wildman–Crippen MR) is 203 cm³/mol. The largest absolute Gasteiger partial charge is 0.508 e. The molecule has 1 aromatic carbocycles. The standard InChI is InChI=1S/C39H61N5O6S/c1-11-16-44(39(49)35(24(7)13-3)43-37(48)34(40-9)23(6)12-2)32(22(4)5)20-33(46)38-42-31(21-51-38)36(47)41-27-17-26-14-15-28(45)19-30(26)29(18-27)25(8)50-10/h14-15,19,21-24,27,29,32-35,40,45-46H,8,11-13,16-18,20H2,1-7,9-10H3,(H,41,47)(H,43,48)/t23-,24-,27-,29-,32+,33+,34+,35-/m0/s1. The maximum atomic E-state index is 14.4. The topological polar surface area (TPSA) is 153 Å². The molecule has 0 bridgehead atoms. The second-order valence-corrected chi connectivity index (χ2v) is 15.3. The number of methoxy groups -OCH3 is 1. The first kappa shape index (κ1) is 41.9. The van der Waals surface area contributed by atoms with Crippen molar-refractivity contribution in [1.82, 2.24) is 25.8 Å². The summed E-state index contributed by atoms with van der Waals surface area (Å²) in [6.07, 6.45) is 2.61.